The van der Waals surface area contributed by atoms with Gasteiger partial charge in [-0.3, -0.25) is 19.9 Å². The summed E-state index contributed by atoms with van der Waals surface area (Å²) in [5.41, 5.74) is 3.53. The molecule has 0 radical (unpaired) electrons. The highest BCUT2D eigenvalue weighted by molar-refractivity contribution is 5.86. The minimum absolute atomic E-state index is 0.00751. The number of amides is 1. The van der Waals surface area contributed by atoms with Gasteiger partial charge in [-0.2, -0.15) is 0 Å². The van der Waals surface area contributed by atoms with Gasteiger partial charge in [-0.15, -0.1) is 0 Å². The monoisotopic (exact) mass is 400 g/mol. The van der Waals surface area contributed by atoms with Gasteiger partial charge in [0.2, 0.25) is 5.91 Å². The van der Waals surface area contributed by atoms with Crippen LogP contribution in [0.2, 0.25) is 0 Å². The molecule has 0 aliphatic carbocycles. The molecule has 0 fully saturated rings. The summed E-state index contributed by atoms with van der Waals surface area (Å²) in [6, 6.07) is 18.0. The molecule has 0 spiro atoms. The van der Waals surface area contributed by atoms with Gasteiger partial charge in [0.05, 0.1) is 4.92 Å². The summed E-state index contributed by atoms with van der Waals surface area (Å²) < 4.78 is 0. The van der Waals surface area contributed by atoms with Gasteiger partial charge in [0.15, 0.2) is 0 Å². The lowest BCUT2D eigenvalue weighted by molar-refractivity contribution is -0.384. The smallest absolute Gasteiger partial charge is 0.269 e. The Kier molecular flexibility index (Phi) is 5.52. The van der Waals surface area contributed by atoms with E-state index in [2.05, 4.69) is 15.3 Å². The van der Waals surface area contributed by atoms with Crippen LogP contribution in [-0.2, 0) is 11.3 Å². The number of nitrogens with zero attached hydrogens (tertiary/aromatic N) is 2. The Bertz CT molecular complexity index is 1190. The molecule has 2 aromatic carbocycles. The number of carbonyl (C=O) groups excluding carboxylic acids is 1. The zero-order chi connectivity index (χ0) is 20.9. The molecule has 0 saturated heterocycles. The third-order valence-electron chi connectivity index (χ3n) is 5.08. The van der Waals surface area contributed by atoms with E-state index in [9.17, 15) is 14.9 Å². The van der Waals surface area contributed by atoms with Gasteiger partial charge >= 0.3 is 0 Å². The summed E-state index contributed by atoms with van der Waals surface area (Å²) in [7, 11) is 0. The highest BCUT2D eigenvalue weighted by Crippen LogP contribution is 2.34. The fourth-order valence-corrected chi connectivity index (χ4v) is 3.61. The lowest BCUT2D eigenvalue weighted by Gasteiger charge is -2.17. The number of aromatic amines is 1. The first kappa shape index (κ1) is 19.3. The fourth-order valence-electron chi connectivity index (χ4n) is 3.61. The molecule has 4 rings (SSSR count). The molecule has 1 atom stereocenters. The number of nitro benzene ring substituents is 1. The number of benzene rings is 2. The van der Waals surface area contributed by atoms with Crippen molar-refractivity contribution in [2.75, 3.05) is 0 Å². The second-order valence-corrected chi connectivity index (χ2v) is 7.04. The second-order valence-electron chi connectivity index (χ2n) is 7.04. The van der Waals surface area contributed by atoms with Crippen molar-refractivity contribution in [2.24, 2.45) is 0 Å². The topological polar surface area (TPSA) is 101 Å². The zero-order valence-electron chi connectivity index (χ0n) is 16.1. The summed E-state index contributed by atoms with van der Waals surface area (Å²) in [5.74, 6) is -0.462. The minimum Gasteiger partial charge on any atom is -0.361 e. The number of nitrogens with one attached hydrogen (secondary N) is 2. The quantitative estimate of drug-likeness (QED) is 0.356. The molecule has 2 N–H and O–H groups in total. The van der Waals surface area contributed by atoms with Crippen LogP contribution < -0.4 is 5.32 Å². The van der Waals surface area contributed by atoms with E-state index >= 15 is 0 Å². The molecule has 0 aliphatic heterocycles. The molecule has 30 heavy (non-hydrogen) atoms. The number of fused-ring (bicyclic) bond motifs is 1. The van der Waals surface area contributed by atoms with Crippen molar-refractivity contribution < 1.29 is 9.72 Å². The molecular formula is C23H20N4O3. The largest absolute Gasteiger partial charge is 0.361 e. The number of pyridine rings is 1. The average molecular weight is 400 g/mol. The Morgan fingerprint density at radius 2 is 2.00 bits per heavy atom. The average Bonchev–Trinajstić information content (AvgIpc) is 3.21. The number of nitro groups is 1. The molecule has 0 saturated carbocycles. The third kappa shape index (κ3) is 4.20. The maximum Gasteiger partial charge on any atom is 0.269 e. The molecule has 150 valence electrons. The van der Waals surface area contributed by atoms with Crippen LogP contribution in [-0.4, -0.2) is 20.8 Å². The maximum absolute atomic E-state index is 12.8. The Balaban J connectivity index is 1.64. The lowest BCUT2D eigenvalue weighted by atomic mass is 9.87. The molecule has 2 heterocycles. The summed E-state index contributed by atoms with van der Waals surface area (Å²) in [4.78, 5) is 30.9. The standard InChI is InChI=1S/C23H20N4O3/c28-23(26-14-16-5-4-10-24-13-16)12-20(17-6-3-7-18(11-17)27(29)30)21-15-25-22-9-2-1-8-19(21)22/h1-11,13,15,20,25H,12,14H2,(H,26,28). The minimum atomic E-state index is -0.418. The van der Waals surface area contributed by atoms with Gasteiger partial charge in [-0.05, 0) is 28.8 Å². The number of hydrogen-bond acceptors (Lipinski definition) is 4. The number of para-hydroxylation sites is 1. The van der Waals surface area contributed by atoms with Crippen molar-refractivity contribution in [2.45, 2.75) is 18.9 Å². The van der Waals surface area contributed by atoms with E-state index in [-0.39, 0.29) is 23.9 Å². The Morgan fingerprint density at radius 1 is 1.13 bits per heavy atom. The van der Waals surface area contributed by atoms with Crippen molar-refractivity contribution in [3.8, 4) is 0 Å². The van der Waals surface area contributed by atoms with Crippen LogP contribution in [0.25, 0.3) is 10.9 Å². The predicted octanol–water partition coefficient (Wildman–Crippen LogP) is 4.31. The maximum atomic E-state index is 12.8. The molecule has 2 aromatic heterocycles. The van der Waals surface area contributed by atoms with Crippen LogP contribution in [0.15, 0.2) is 79.3 Å². The zero-order valence-corrected chi connectivity index (χ0v) is 16.1. The van der Waals surface area contributed by atoms with Gasteiger partial charge in [-0.25, -0.2) is 0 Å². The van der Waals surface area contributed by atoms with Crippen LogP contribution in [0.3, 0.4) is 0 Å². The molecule has 0 aliphatic rings. The molecule has 7 heteroatoms. The van der Waals surface area contributed by atoms with E-state index in [4.69, 9.17) is 0 Å². The van der Waals surface area contributed by atoms with Crippen molar-refractivity contribution >= 4 is 22.5 Å². The number of hydrogen-bond donors (Lipinski definition) is 2. The van der Waals surface area contributed by atoms with E-state index in [1.165, 1.54) is 6.07 Å². The molecule has 4 aromatic rings. The number of rotatable bonds is 7. The van der Waals surface area contributed by atoms with Gasteiger partial charge in [0.25, 0.3) is 5.69 Å². The number of carbonyl (C=O) groups is 1. The number of aromatic nitrogens is 2. The second kappa shape index (κ2) is 8.57. The summed E-state index contributed by atoms with van der Waals surface area (Å²) in [6.45, 7) is 0.377. The lowest BCUT2D eigenvalue weighted by Crippen LogP contribution is -2.25. The Hall–Kier alpha value is -4.00. The summed E-state index contributed by atoms with van der Waals surface area (Å²) in [5, 5.41) is 15.2. The van der Waals surface area contributed by atoms with Crippen molar-refractivity contribution in [3.63, 3.8) is 0 Å². The molecule has 0 bridgehead atoms. The van der Waals surface area contributed by atoms with E-state index in [1.807, 2.05) is 48.7 Å². The van der Waals surface area contributed by atoms with Crippen molar-refractivity contribution in [3.05, 3.63) is 106 Å². The third-order valence-corrected chi connectivity index (χ3v) is 5.08. The fraction of sp³-hybridized carbons (Fsp3) is 0.130. The van der Waals surface area contributed by atoms with Crippen molar-refractivity contribution in [1.82, 2.24) is 15.3 Å². The SMILES string of the molecule is O=C(CC(c1cccc([N+](=O)[O-])c1)c1c[nH]c2ccccc12)NCc1cccnc1. The number of non-ortho nitro benzene ring substituents is 1. The van der Waals surface area contributed by atoms with Gasteiger partial charge in [-0.1, -0.05) is 36.4 Å². The van der Waals surface area contributed by atoms with Gasteiger partial charge < -0.3 is 10.3 Å². The first-order valence-electron chi connectivity index (χ1n) is 9.58. The van der Waals surface area contributed by atoms with Gasteiger partial charge in [0, 0.05) is 60.5 Å². The normalized spacial score (nSPS) is 11.9. The van der Waals surface area contributed by atoms with Crippen molar-refractivity contribution in [1.29, 1.82) is 0 Å². The van der Waals surface area contributed by atoms with E-state index < -0.39 is 4.92 Å². The van der Waals surface area contributed by atoms with Crippen LogP contribution in [0.1, 0.15) is 29.0 Å². The first-order valence-corrected chi connectivity index (χ1v) is 9.58. The predicted molar refractivity (Wildman–Crippen MR) is 114 cm³/mol. The first-order chi connectivity index (χ1) is 14.6. The van der Waals surface area contributed by atoms with E-state index in [1.54, 1.807) is 24.5 Å². The van der Waals surface area contributed by atoms with E-state index in [0.717, 1.165) is 27.6 Å². The highest BCUT2D eigenvalue weighted by atomic mass is 16.6. The van der Waals surface area contributed by atoms with Crippen LogP contribution in [0.5, 0.6) is 0 Å². The van der Waals surface area contributed by atoms with E-state index in [0.29, 0.717) is 6.54 Å². The highest BCUT2D eigenvalue weighted by Gasteiger charge is 2.23. The van der Waals surface area contributed by atoms with Gasteiger partial charge in [0.1, 0.15) is 0 Å². The van der Waals surface area contributed by atoms with Crippen LogP contribution in [0.4, 0.5) is 5.69 Å². The van der Waals surface area contributed by atoms with Crippen LogP contribution in [0, 0.1) is 10.1 Å². The van der Waals surface area contributed by atoms with Crippen LogP contribution >= 0.6 is 0 Å². The Labute approximate surface area is 172 Å². The number of H-pyrrole nitrogens is 1. The summed E-state index contributed by atoms with van der Waals surface area (Å²) >= 11 is 0. The Morgan fingerprint density at radius 3 is 2.80 bits per heavy atom. The molecule has 1 amide bonds. The molecule has 7 nitrogen and oxygen atoms in total. The summed E-state index contributed by atoms with van der Waals surface area (Å²) in [6.07, 6.45) is 5.44. The molecular weight excluding hydrogens is 380 g/mol. The molecule has 1 unspecified atom stereocenters.